The number of aryl methyl sites for hydroxylation is 1. The Kier molecular flexibility index (Phi) is 9.54. The van der Waals surface area contributed by atoms with E-state index in [1.165, 1.54) is 17.1 Å². The number of hydrogen-bond acceptors (Lipinski definition) is 6. The zero-order chi connectivity index (χ0) is 19.9. The summed E-state index contributed by atoms with van der Waals surface area (Å²) in [6.07, 6.45) is 4.69. The van der Waals surface area contributed by atoms with Gasteiger partial charge in [-0.15, -0.1) is 24.0 Å². The molecule has 0 spiro atoms. The summed E-state index contributed by atoms with van der Waals surface area (Å²) in [4.78, 5) is 18.1. The molecule has 29 heavy (non-hydrogen) atoms. The maximum absolute atomic E-state index is 4.62. The normalized spacial score (nSPS) is 16.0. The van der Waals surface area contributed by atoms with Crippen molar-refractivity contribution in [1.29, 1.82) is 0 Å². The third kappa shape index (κ3) is 6.24. The first kappa shape index (κ1) is 23.8. The van der Waals surface area contributed by atoms with E-state index in [4.69, 9.17) is 0 Å². The standard InChI is InChI=1S/C20H31N7S.HI/c1-5-18-24-20(28-25-18)27-11-9-26(10-12-27)19(21-4)23-14-17(15(2)3)16-7-6-8-22-13-16;/h6-8,13,15,17H,5,9-12,14H2,1-4H3,(H,21,23);1H. The van der Waals surface area contributed by atoms with Crippen LogP contribution in [0.2, 0.25) is 0 Å². The summed E-state index contributed by atoms with van der Waals surface area (Å²) in [6, 6.07) is 4.17. The van der Waals surface area contributed by atoms with Crippen molar-refractivity contribution in [2.24, 2.45) is 10.9 Å². The number of rotatable bonds is 6. The average molecular weight is 529 g/mol. The van der Waals surface area contributed by atoms with Crippen LogP contribution in [0.5, 0.6) is 0 Å². The van der Waals surface area contributed by atoms with Crippen LogP contribution in [-0.2, 0) is 6.42 Å². The Labute approximate surface area is 195 Å². The van der Waals surface area contributed by atoms with Crippen molar-refractivity contribution < 1.29 is 0 Å². The highest BCUT2D eigenvalue weighted by Crippen LogP contribution is 2.23. The van der Waals surface area contributed by atoms with Gasteiger partial charge in [0.1, 0.15) is 5.82 Å². The van der Waals surface area contributed by atoms with Crippen molar-refractivity contribution in [3.63, 3.8) is 0 Å². The van der Waals surface area contributed by atoms with Crippen LogP contribution in [0.25, 0.3) is 0 Å². The van der Waals surface area contributed by atoms with Gasteiger partial charge in [-0.05, 0) is 17.5 Å². The molecule has 0 radical (unpaired) electrons. The monoisotopic (exact) mass is 529 g/mol. The largest absolute Gasteiger partial charge is 0.356 e. The zero-order valence-corrected chi connectivity index (χ0v) is 20.9. The van der Waals surface area contributed by atoms with E-state index < -0.39 is 0 Å². The molecule has 9 heteroatoms. The van der Waals surface area contributed by atoms with Crippen molar-refractivity contribution in [2.75, 3.05) is 44.7 Å². The molecule has 160 valence electrons. The third-order valence-electron chi connectivity index (χ3n) is 5.23. The minimum absolute atomic E-state index is 0. The number of nitrogens with zero attached hydrogens (tertiary/aromatic N) is 6. The Bertz CT molecular complexity index is 757. The zero-order valence-electron chi connectivity index (χ0n) is 17.7. The van der Waals surface area contributed by atoms with Gasteiger partial charge in [0.05, 0.1) is 0 Å². The first-order valence-corrected chi connectivity index (χ1v) is 10.8. The highest BCUT2D eigenvalue weighted by atomic mass is 127. The molecule has 3 rings (SSSR count). The maximum Gasteiger partial charge on any atom is 0.205 e. The van der Waals surface area contributed by atoms with E-state index in [0.29, 0.717) is 11.8 Å². The first-order chi connectivity index (χ1) is 13.6. The van der Waals surface area contributed by atoms with Crippen molar-refractivity contribution in [2.45, 2.75) is 33.1 Å². The van der Waals surface area contributed by atoms with Gasteiger partial charge in [0.2, 0.25) is 5.13 Å². The van der Waals surface area contributed by atoms with Crippen LogP contribution in [0.1, 0.15) is 38.1 Å². The van der Waals surface area contributed by atoms with Crippen LogP contribution >= 0.6 is 35.5 Å². The Morgan fingerprint density at radius 1 is 1.28 bits per heavy atom. The van der Waals surface area contributed by atoms with Gasteiger partial charge in [0, 0.05) is 76.0 Å². The fourth-order valence-electron chi connectivity index (χ4n) is 3.49. The molecule has 0 aromatic carbocycles. The number of hydrogen-bond donors (Lipinski definition) is 1. The number of aromatic nitrogens is 3. The quantitative estimate of drug-likeness (QED) is 0.352. The number of anilines is 1. The van der Waals surface area contributed by atoms with Gasteiger partial charge >= 0.3 is 0 Å². The van der Waals surface area contributed by atoms with Gasteiger partial charge in [0.25, 0.3) is 0 Å². The fraction of sp³-hybridized carbons (Fsp3) is 0.600. The van der Waals surface area contributed by atoms with E-state index in [9.17, 15) is 0 Å². The molecule has 0 amide bonds. The van der Waals surface area contributed by atoms with Gasteiger partial charge in [-0.1, -0.05) is 26.8 Å². The number of piperazine rings is 1. The van der Waals surface area contributed by atoms with E-state index in [1.54, 1.807) is 0 Å². The van der Waals surface area contributed by atoms with Gasteiger partial charge in [-0.25, -0.2) is 4.98 Å². The SMILES string of the molecule is CCc1nsc(N2CCN(C(=NC)NCC(c3cccnc3)C(C)C)CC2)n1.I. The molecule has 2 aromatic rings. The lowest BCUT2D eigenvalue weighted by molar-refractivity contribution is 0.367. The fourth-order valence-corrected chi connectivity index (χ4v) is 4.29. The summed E-state index contributed by atoms with van der Waals surface area (Å²) < 4.78 is 4.41. The lowest BCUT2D eigenvalue weighted by Crippen LogP contribution is -2.53. The van der Waals surface area contributed by atoms with E-state index in [0.717, 1.165) is 56.1 Å². The topological polar surface area (TPSA) is 69.5 Å². The molecule has 7 nitrogen and oxygen atoms in total. The van der Waals surface area contributed by atoms with Crippen LogP contribution in [0.3, 0.4) is 0 Å². The summed E-state index contributed by atoms with van der Waals surface area (Å²) in [7, 11) is 1.86. The Balaban J connectivity index is 0.00000300. The second-order valence-corrected chi connectivity index (χ2v) is 8.12. The van der Waals surface area contributed by atoms with Crippen LogP contribution in [0, 0.1) is 5.92 Å². The molecule has 1 atom stereocenters. The highest BCUT2D eigenvalue weighted by Gasteiger charge is 2.23. The lowest BCUT2D eigenvalue weighted by atomic mass is 9.89. The second-order valence-electron chi connectivity index (χ2n) is 7.39. The van der Waals surface area contributed by atoms with Crippen molar-refractivity contribution in [3.8, 4) is 0 Å². The summed E-state index contributed by atoms with van der Waals surface area (Å²) in [5.74, 6) is 2.84. The number of aliphatic imine (C=N–C) groups is 1. The van der Waals surface area contributed by atoms with E-state index in [2.05, 4.69) is 61.3 Å². The summed E-state index contributed by atoms with van der Waals surface area (Å²) in [5.41, 5.74) is 1.27. The molecule has 1 saturated heterocycles. The average Bonchev–Trinajstić information content (AvgIpc) is 3.21. The van der Waals surface area contributed by atoms with Crippen molar-refractivity contribution in [1.82, 2.24) is 24.6 Å². The van der Waals surface area contributed by atoms with Crippen molar-refractivity contribution in [3.05, 3.63) is 35.9 Å². The van der Waals surface area contributed by atoms with E-state index in [1.807, 2.05) is 25.5 Å². The number of halogens is 1. The lowest BCUT2D eigenvalue weighted by Gasteiger charge is -2.36. The Hall–Kier alpha value is -1.49. The molecule has 1 aliphatic rings. The maximum atomic E-state index is 4.62. The molecule has 3 heterocycles. The highest BCUT2D eigenvalue weighted by molar-refractivity contribution is 14.0. The predicted octanol–water partition coefficient (Wildman–Crippen LogP) is 3.25. The molecule has 1 aliphatic heterocycles. The second kappa shape index (κ2) is 11.6. The molecule has 0 aliphatic carbocycles. The molecule has 0 bridgehead atoms. The van der Waals surface area contributed by atoms with Gasteiger partial charge in [-0.3, -0.25) is 9.98 Å². The van der Waals surface area contributed by atoms with Crippen molar-refractivity contribution >= 4 is 46.6 Å². The first-order valence-electron chi connectivity index (χ1n) is 10.1. The Morgan fingerprint density at radius 2 is 2.03 bits per heavy atom. The number of nitrogens with one attached hydrogen (secondary N) is 1. The van der Waals surface area contributed by atoms with Crippen LogP contribution in [0.4, 0.5) is 5.13 Å². The number of guanidine groups is 1. The Morgan fingerprint density at radius 3 is 2.59 bits per heavy atom. The molecule has 1 unspecified atom stereocenters. The minimum Gasteiger partial charge on any atom is -0.356 e. The minimum atomic E-state index is 0. The molecule has 1 fully saturated rings. The molecular weight excluding hydrogens is 497 g/mol. The van der Waals surface area contributed by atoms with E-state index in [-0.39, 0.29) is 24.0 Å². The summed E-state index contributed by atoms with van der Waals surface area (Å²) >= 11 is 1.51. The smallest absolute Gasteiger partial charge is 0.205 e. The molecule has 1 N–H and O–H groups in total. The van der Waals surface area contributed by atoms with Gasteiger partial charge < -0.3 is 15.1 Å². The third-order valence-corrected chi connectivity index (χ3v) is 6.05. The number of pyridine rings is 1. The summed E-state index contributed by atoms with van der Waals surface area (Å²) in [5, 5.41) is 4.63. The van der Waals surface area contributed by atoms with Gasteiger partial charge in [-0.2, -0.15) is 4.37 Å². The molecule has 2 aromatic heterocycles. The van der Waals surface area contributed by atoms with Crippen LogP contribution < -0.4 is 10.2 Å². The summed E-state index contributed by atoms with van der Waals surface area (Å²) in [6.45, 7) is 11.2. The molecular formula is C20H32IN7S. The van der Waals surface area contributed by atoms with E-state index >= 15 is 0 Å². The molecule has 0 saturated carbocycles. The van der Waals surface area contributed by atoms with Crippen LogP contribution in [-0.4, -0.2) is 65.0 Å². The predicted molar refractivity (Wildman–Crippen MR) is 132 cm³/mol. The van der Waals surface area contributed by atoms with Gasteiger partial charge in [0.15, 0.2) is 5.96 Å². The van der Waals surface area contributed by atoms with Crippen LogP contribution in [0.15, 0.2) is 29.5 Å².